The zero-order valence-electron chi connectivity index (χ0n) is 11.7. The number of aryl methyl sites for hydroxylation is 2. The fourth-order valence-electron chi connectivity index (χ4n) is 2.77. The molecule has 0 aliphatic carbocycles. The summed E-state index contributed by atoms with van der Waals surface area (Å²) in [6, 6.07) is 0. The third-order valence-electron chi connectivity index (χ3n) is 4.02. The van der Waals surface area contributed by atoms with Crippen molar-refractivity contribution in [3.8, 4) is 0 Å². The van der Waals surface area contributed by atoms with Gasteiger partial charge in [0.1, 0.15) is 0 Å². The number of aromatic nitrogens is 3. The van der Waals surface area contributed by atoms with Gasteiger partial charge in [0.25, 0.3) is 0 Å². The molecule has 1 saturated heterocycles. The predicted octanol–water partition coefficient (Wildman–Crippen LogP) is 2.08. The van der Waals surface area contributed by atoms with Crippen LogP contribution >= 0.6 is 11.3 Å². The minimum absolute atomic E-state index is 0.552. The first-order chi connectivity index (χ1) is 9.02. The SMILES string of the molecule is CCC1(O)CCCN(c2nc3c(s2)c(C)nn3C)C1. The molecule has 1 aliphatic heterocycles. The van der Waals surface area contributed by atoms with E-state index in [9.17, 15) is 5.11 Å². The first-order valence-corrected chi connectivity index (χ1v) is 7.61. The van der Waals surface area contributed by atoms with Crippen molar-refractivity contribution in [3.05, 3.63) is 5.69 Å². The second kappa shape index (κ2) is 4.45. The maximum atomic E-state index is 10.5. The van der Waals surface area contributed by atoms with Crippen LogP contribution in [0.15, 0.2) is 0 Å². The highest BCUT2D eigenvalue weighted by molar-refractivity contribution is 7.22. The van der Waals surface area contributed by atoms with Crippen LogP contribution in [0.1, 0.15) is 31.9 Å². The molecule has 3 rings (SSSR count). The van der Waals surface area contributed by atoms with Crippen molar-refractivity contribution in [2.45, 2.75) is 38.7 Å². The standard InChI is InChI=1S/C13H20N4OS/c1-4-13(18)6-5-7-17(8-13)12-14-11-10(19-12)9(2)15-16(11)3/h18H,4-8H2,1-3H3. The van der Waals surface area contributed by atoms with Gasteiger partial charge >= 0.3 is 0 Å². The summed E-state index contributed by atoms with van der Waals surface area (Å²) in [6.45, 7) is 5.74. The summed E-state index contributed by atoms with van der Waals surface area (Å²) in [5.74, 6) is 0. The molecule has 2 aromatic heterocycles. The van der Waals surface area contributed by atoms with E-state index in [0.29, 0.717) is 6.54 Å². The largest absolute Gasteiger partial charge is 0.388 e. The number of fused-ring (bicyclic) bond motifs is 1. The molecule has 19 heavy (non-hydrogen) atoms. The highest BCUT2D eigenvalue weighted by Gasteiger charge is 2.33. The fraction of sp³-hybridized carbons (Fsp3) is 0.692. The van der Waals surface area contributed by atoms with Gasteiger partial charge in [-0.05, 0) is 26.2 Å². The first kappa shape index (κ1) is 12.9. The molecule has 1 fully saturated rings. The number of rotatable bonds is 2. The van der Waals surface area contributed by atoms with Crippen LogP contribution in [0.4, 0.5) is 5.13 Å². The van der Waals surface area contributed by atoms with E-state index in [-0.39, 0.29) is 0 Å². The Hall–Kier alpha value is -1.14. The predicted molar refractivity (Wildman–Crippen MR) is 77.8 cm³/mol. The molecule has 0 radical (unpaired) electrons. The van der Waals surface area contributed by atoms with Crippen LogP contribution in [0.3, 0.4) is 0 Å². The molecule has 0 saturated carbocycles. The summed E-state index contributed by atoms with van der Waals surface area (Å²) in [4.78, 5) is 6.91. The highest BCUT2D eigenvalue weighted by Crippen LogP contribution is 2.34. The van der Waals surface area contributed by atoms with E-state index < -0.39 is 5.60 Å². The number of β-amino-alcohol motifs (C(OH)–C–C–N with tert-alkyl or cyclic N) is 1. The molecule has 0 aromatic carbocycles. The van der Waals surface area contributed by atoms with E-state index in [4.69, 9.17) is 4.98 Å². The van der Waals surface area contributed by atoms with E-state index in [2.05, 4.69) is 16.9 Å². The minimum Gasteiger partial charge on any atom is -0.388 e. The second-order valence-electron chi connectivity index (χ2n) is 5.46. The van der Waals surface area contributed by atoms with Crippen molar-refractivity contribution < 1.29 is 5.11 Å². The fourth-order valence-corrected chi connectivity index (χ4v) is 3.83. The molecule has 104 valence electrons. The van der Waals surface area contributed by atoms with Gasteiger partial charge in [0, 0.05) is 20.1 Å². The lowest BCUT2D eigenvalue weighted by Crippen LogP contribution is -2.47. The molecule has 3 heterocycles. The first-order valence-electron chi connectivity index (χ1n) is 6.80. The Bertz CT molecular complexity index is 571. The van der Waals surface area contributed by atoms with E-state index >= 15 is 0 Å². The van der Waals surface area contributed by atoms with Crippen LogP contribution in [-0.4, -0.2) is 38.6 Å². The molecule has 1 atom stereocenters. The van der Waals surface area contributed by atoms with Gasteiger partial charge in [-0.25, -0.2) is 9.67 Å². The number of nitrogens with zero attached hydrogens (tertiary/aromatic N) is 4. The molecule has 2 aromatic rings. The van der Waals surface area contributed by atoms with Gasteiger partial charge in [-0.15, -0.1) is 0 Å². The van der Waals surface area contributed by atoms with Crippen LogP contribution in [0.25, 0.3) is 10.3 Å². The van der Waals surface area contributed by atoms with Gasteiger partial charge in [-0.1, -0.05) is 18.3 Å². The second-order valence-corrected chi connectivity index (χ2v) is 6.44. The zero-order chi connectivity index (χ0) is 13.6. The number of aliphatic hydroxyl groups is 1. The third kappa shape index (κ3) is 2.12. The minimum atomic E-state index is -0.552. The zero-order valence-corrected chi connectivity index (χ0v) is 12.5. The lowest BCUT2D eigenvalue weighted by atomic mass is 9.91. The molecule has 1 aliphatic rings. The number of thiazole rings is 1. The molecule has 0 bridgehead atoms. The smallest absolute Gasteiger partial charge is 0.188 e. The monoisotopic (exact) mass is 280 g/mol. The molecule has 5 nitrogen and oxygen atoms in total. The van der Waals surface area contributed by atoms with Gasteiger partial charge in [0.15, 0.2) is 10.8 Å². The van der Waals surface area contributed by atoms with Gasteiger partial charge in [-0.2, -0.15) is 5.10 Å². The molecule has 0 amide bonds. The van der Waals surface area contributed by atoms with Gasteiger partial charge in [0.05, 0.1) is 16.0 Å². The lowest BCUT2D eigenvalue weighted by molar-refractivity contribution is 0.0223. The number of piperidine rings is 1. The van der Waals surface area contributed by atoms with Crippen LogP contribution in [-0.2, 0) is 7.05 Å². The van der Waals surface area contributed by atoms with Crippen molar-refractivity contribution in [3.63, 3.8) is 0 Å². The van der Waals surface area contributed by atoms with Crippen molar-refractivity contribution >= 4 is 26.8 Å². The Morgan fingerprint density at radius 1 is 1.47 bits per heavy atom. The Balaban J connectivity index is 1.93. The van der Waals surface area contributed by atoms with Gasteiger partial charge in [-0.3, -0.25) is 0 Å². The summed E-state index contributed by atoms with van der Waals surface area (Å²) in [5.41, 5.74) is 1.43. The van der Waals surface area contributed by atoms with Crippen molar-refractivity contribution in [1.29, 1.82) is 0 Å². The molecular formula is C13H20N4OS. The lowest BCUT2D eigenvalue weighted by Gasteiger charge is -2.38. The van der Waals surface area contributed by atoms with Crippen molar-refractivity contribution in [2.24, 2.45) is 7.05 Å². The quantitative estimate of drug-likeness (QED) is 0.915. The summed E-state index contributed by atoms with van der Waals surface area (Å²) >= 11 is 1.68. The average Bonchev–Trinajstić information content (AvgIpc) is 2.93. The Morgan fingerprint density at radius 2 is 2.26 bits per heavy atom. The molecule has 0 spiro atoms. The number of anilines is 1. The van der Waals surface area contributed by atoms with Crippen LogP contribution in [0.2, 0.25) is 0 Å². The number of hydrogen-bond acceptors (Lipinski definition) is 5. The summed E-state index contributed by atoms with van der Waals surface area (Å²) < 4.78 is 2.99. The van der Waals surface area contributed by atoms with Crippen LogP contribution < -0.4 is 4.90 Å². The maximum absolute atomic E-state index is 10.5. The molecular weight excluding hydrogens is 260 g/mol. The van der Waals surface area contributed by atoms with E-state index in [0.717, 1.165) is 47.0 Å². The van der Waals surface area contributed by atoms with Crippen molar-refractivity contribution in [2.75, 3.05) is 18.0 Å². The average molecular weight is 280 g/mol. The van der Waals surface area contributed by atoms with E-state index in [1.165, 1.54) is 0 Å². The number of hydrogen-bond donors (Lipinski definition) is 1. The maximum Gasteiger partial charge on any atom is 0.188 e. The van der Waals surface area contributed by atoms with Gasteiger partial charge in [0.2, 0.25) is 0 Å². The highest BCUT2D eigenvalue weighted by atomic mass is 32.1. The summed E-state index contributed by atoms with van der Waals surface area (Å²) in [5, 5.41) is 15.9. The van der Waals surface area contributed by atoms with Gasteiger partial charge < -0.3 is 10.0 Å². The Kier molecular flexibility index (Phi) is 3.02. The Labute approximate surface area is 116 Å². The summed E-state index contributed by atoms with van der Waals surface area (Å²) in [7, 11) is 1.93. The van der Waals surface area contributed by atoms with Crippen molar-refractivity contribution in [1.82, 2.24) is 14.8 Å². The normalized spacial score (nSPS) is 24.3. The topological polar surface area (TPSA) is 54.2 Å². The van der Waals surface area contributed by atoms with E-state index in [1.54, 1.807) is 11.3 Å². The van der Waals surface area contributed by atoms with Crippen LogP contribution in [0, 0.1) is 6.92 Å². The summed E-state index contributed by atoms with van der Waals surface area (Å²) in [6.07, 6.45) is 2.72. The molecule has 6 heteroatoms. The Morgan fingerprint density at radius 3 is 2.95 bits per heavy atom. The van der Waals surface area contributed by atoms with E-state index in [1.807, 2.05) is 18.7 Å². The molecule has 1 unspecified atom stereocenters. The van der Waals surface area contributed by atoms with Crippen LogP contribution in [0.5, 0.6) is 0 Å². The third-order valence-corrected chi connectivity index (χ3v) is 5.23. The molecule has 1 N–H and O–H groups in total.